The first-order chi connectivity index (χ1) is 15.7. The first-order valence-electron chi connectivity index (χ1n) is 11.3. The monoisotopic (exact) mass is 490 g/mol. The Labute approximate surface area is 202 Å². The summed E-state index contributed by atoms with van der Waals surface area (Å²) in [4.78, 5) is 26.3. The molecular formula is C23H34N6O2S2. The van der Waals surface area contributed by atoms with E-state index in [9.17, 15) is 9.35 Å². The quantitative estimate of drug-likeness (QED) is 0.273. The van der Waals surface area contributed by atoms with Gasteiger partial charge in [0.25, 0.3) is 5.56 Å². The van der Waals surface area contributed by atoms with E-state index in [1.165, 1.54) is 11.8 Å². The number of nitrogens with zero attached hydrogens (tertiary/aromatic N) is 3. The lowest BCUT2D eigenvalue weighted by molar-refractivity contribution is 0.475. The van der Waals surface area contributed by atoms with E-state index < -0.39 is 11.4 Å². The molecule has 3 heterocycles. The summed E-state index contributed by atoms with van der Waals surface area (Å²) in [7, 11) is 1.73. The zero-order chi connectivity index (χ0) is 24.0. The van der Waals surface area contributed by atoms with Crippen molar-refractivity contribution in [1.29, 1.82) is 0 Å². The number of aromatic nitrogens is 4. The van der Waals surface area contributed by atoms with Crippen molar-refractivity contribution in [2.24, 2.45) is 7.05 Å². The van der Waals surface area contributed by atoms with E-state index in [0.29, 0.717) is 17.4 Å². The van der Waals surface area contributed by atoms with Gasteiger partial charge in [0.2, 0.25) is 5.95 Å². The predicted molar refractivity (Wildman–Crippen MR) is 137 cm³/mol. The van der Waals surface area contributed by atoms with E-state index in [-0.39, 0.29) is 16.3 Å². The molecule has 33 heavy (non-hydrogen) atoms. The Kier molecular flexibility index (Phi) is 8.86. The highest BCUT2D eigenvalue weighted by Crippen LogP contribution is 2.30. The fourth-order valence-corrected chi connectivity index (χ4v) is 5.25. The fourth-order valence-electron chi connectivity index (χ4n) is 3.39. The molecule has 3 aromatic rings. The van der Waals surface area contributed by atoms with Crippen molar-refractivity contribution in [2.45, 2.75) is 74.0 Å². The predicted octanol–water partition coefficient (Wildman–Crippen LogP) is 4.22. The Balaban J connectivity index is 1.58. The van der Waals surface area contributed by atoms with Gasteiger partial charge in [-0.25, -0.2) is 9.97 Å². The molecule has 0 radical (unpaired) electrons. The number of fused-ring (bicyclic) bond motifs is 1. The fraction of sp³-hybridized carbons (Fsp3) is 0.522. The van der Waals surface area contributed by atoms with Crippen molar-refractivity contribution in [3.63, 3.8) is 0 Å². The Bertz CT molecular complexity index is 1110. The van der Waals surface area contributed by atoms with E-state index in [1.807, 2.05) is 39.1 Å². The molecule has 2 atom stereocenters. The maximum atomic E-state index is 12.9. The van der Waals surface area contributed by atoms with E-state index in [4.69, 9.17) is 0 Å². The van der Waals surface area contributed by atoms with Gasteiger partial charge in [-0.1, -0.05) is 25.1 Å². The van der Waals surface area contributed by atoms with Gasteiger partial charge in [0.05, 0.1) is 17.1 Å². The van der Waals surface area contributed by atoms with Gasteiger partial charge in [-0.2, -0.15) is 0 Å². The number of pyridine rings is 1. The molecule has 0 spiro atoms. The third-order valence-corrected chi connectivity index (χ3v) is 7.99. The molecule has 0 saturated carbocycles. The van der Waals surface area contributed by atoms with Crippen molar-refractivity contribution < 1.29 is 4.55 Å². The minimum atomic E-state index is -1.08. The number of hydrogen-bond acceptors (Lipinski definition) is 7. The van der Waals surface area contributed by atoms with Crippen molar-refractivity contribution >= 4 is 40.1 Å². The molecule has 3 rings (SSSR count). The van der Waals surface area contributed by atoms with E-state index in [0.717, 1.165) is 41.6 Å². The molecule has 8 nitrogen and oxygen atoms in total. The number of H-pyrrole nitrogens is 1. The Hall–Kier alpha value is -2.01. The SMILES string of the molecule is CCC[C@H](CCCNc1ncc(Sc2ccnc3[nH]ccc23)c(=O)n1C)N[S@+]([O-])C(C)(C)C. The van der Waals surface area contributed by atoms with Gasteiger partial charge >= 0.3 is 0 Å². The van der Waals surface area contributed by atoms with Gasteiger partial charge in [0, 0.05) is 47.6 Å². The second-order valence-electron chi connectivity index (χ2n) is 9.01. The number of hydrogen-bond donors (Lipinski definition) is 3. The topological polar surface area (TPSA) is 111 Å². The lowest BCUT2D eigenvalue weighted by Crippen LogP contribution is -2.44. The third-order valence-electron chi connectivity index (χ3n) is 5.26. The number of nitrogens with one attached hydrogen (secondary N) is 3. The molecule has 0 fully saturated rings. The Morgan fingerprint density at radius 2 is 2.03 bits per heavy atom. The van der Waals surface area contributed by atoms with Gasteiger partial charge in [0.1, 0.15) is 10.4 Å². The summed E-state index contributed by atoms with van der Waals surface area (Å²) in [5.74, 6) is 0.545. The largest absolute Gasteiger partial charge is 0.598 e. The van der Waals surface area contributed by atoms with Crippen LogP contribution in [0.4, 0.5) is 5.95 Å². The van der Waals surface area contributed by atoms with Crippen molar-refractivity contribution in [3.8, 4) is 0 Å². The Morgan fingerprint density at radius 1 is 1.24 bits per heavy atom. The van der Waals surface area contributed by atoms with Crippen LogP contribution in [0, 0.1) is 0 Å². The molecule has 0 aliphatic carbocycles. The van der Waals surface area contributed by atoms with Gasteiger partial charge in [-0.3, -0.25) is 9.36 Å². The normalized spacial score (nSPS) is 13.9. The summed E-state index contributed by atoms with van der Waals surface area (Å²) in [6.07, 6.45) is 9.00. The zero-order valence-corrected chi connectivity index (χ0v) is 21.6. The van der Waals surface area contributed by atoms with Crippen LogP contribution in [0.25, 0.3) is 11.0 Å². The lowest BCUT2D eigenvalue weighted by atomic mass is 10.1. The molecular weight excluding hydrogens is 456 g/mol. The Morgan fingerprint density at radius 3 is 2.76 bits per heavy atom. The van der Waals surface area contributed by atoms with Crippen molar-refractivity contribution in [3.05, 3.63) is 41.1 Å². The summed E-state index contributed by atoms with van der Waals surface area (Å²) >= 11 is 0.316. The molecule has 3 aromatic heterocycles. The van der Waals surface area contributed by atoms with Crippen molar-refractivity contribution in [2.75, 3.05) is 11.9 Å². The zero-order valence-electron chi connectivity index (χ0n) is 20.0. The third kappa shape index (κ3) is 6.75. The highest BCUT2D eigenvalue weighted by Gasteiger charge is 2.28. The van der Waals surface area contributed by atoms with E-state index >= 15 is 0 Å². The highest BCUT2D eigenvalue weighted by molar-refractivity contribution is 7.99. The molecule has 180 valence electrons. The smallest absolute Gasteiger partial charge is 0.268 e. The highest BCUT2D eigenvalue weighted by atomic mass is 32.2. The van der Waals surface area contributed by atoms with Crippen LogP contribution in [-0.4, -0.2) is 41.4 Å². The minimum absolute atomic E-state index is 0.0934. The van der Waals surface area contributed by atoms with Crippen LogP contribution < -0.4 is 15.6 Å². The lowest BCUT2D eigenvalue weighted by Gasteiger charge is -2.28. The maximum absolute atomic E-state index is 12.9. The first-order valence-corrected chi connectivity index (χ1v) is 13.2. The molecule has 3 N–H and O–H groups in total. The summed E-state index contributed by atoms with van der Waals surface area (Å²) < 4.78 is 17.0. The van der Waals surface area contributed by atoms with Crippen LogP contribution >= 0.6 is 11.8 Å². The maximum Gasteiger partial charge on any atom is 0.268 e. The molecule has 0 aliphatic rings. The minimum Gasteiger partial charge on any atom is -0.598 e. The number of aromatic amines is 1. The van der Waals surface area contributed by atoms with Crippen LogP contribution in [0.1, 0.15) is 53.4 Å². The van der Waals surface area contributed by atoms with Gasteiger partial charge < -0.3 is 14.9 Å². The molecule has 10 heteroatoms. The molecule has 0 amide bonds. The summed E-state index contributed by atoms with van der Waals surface area (Å²) in [6, 6.07) is 4.06. The summed E-state index contributed by atoms with van der Waals surface area (Å²) in [5, 5.41) is 4.26. The molecule has 0 saturated heterocycles. The van der Waals surface area contributed by atoms with E-state index in [1.54, 1.807) is 24.0 Å². The number of anilines is 1. The summed E-state index contributed by atoms with van der Waals surface area (Å²) in [6.45, 7) is 8.75. The molecule has 0 aliphatic heterocycles. The van der Waals surface area contributed by atoms with Crippen LogP contribution in [0.2, 0.25) is 0 Å². The van der Waals surface area contributed by atoms with Crippen molar-refractivity contribution in [1.82, 2.24) is 24.2 Å². The standard InChI is InChI=1S/C23H34N6O2S2/c1-6-8-16(28-33(31)23(2,3)4)9-7-12-26-22-27-15-19(21(30)29(22)5)32-18-11-14-25-20-17(18)10-13-24-20/h10-11,13-16,28H,6-9,12H2,1-5H3,(H,24,25)(H,26,27)/t16-,33-/m1/s1. The number of rotatable bonds is 11. The molecule has 0 unspecified atom stereocenters. The van der Waals surface area contributed by atoms with E-state index in [2.05, 4.69) is 31.9 Å². The van der Waals surface area contributed by atoms with Crippen LogP contribution in [0.3, 0.4) is 0 Å². The second-order valence-corrected chi connectivity index (χ2v) is 12.1. The first kappa shape index (κ1) is 25.6. The van der Waals surface area contributed by atoms with Crippen LogP contribution in [0.15, 0.2) is 45.3 Å². The molecule has 0 bridgehead atoms. The van der Waals surface area contributed by atoms with Gasteiger partial charge in [-0.05, 0) is 52.2 Å². The van der Waals surface area contributed by atoms with Crippen LogP contribution in [0.5, 0.6) is 0 Å². The van der Waals surface area contributed by atoms with Gasteiger partial charge in [0.15, 0.2) is 0 Å². The molecule has 0 aromatic carbocycles. The second kappa shape index (κ2) is 11.4. The average molecular weight is 491 g/mol. The van der Waals surface area contributed by atoms with Crippen LogP contribution in [-0.2, 0) is 18.4 Å². The average Bonchev–Trinajstić information content (AvgIpc) is 3.25. The summed E-state index contributed by atoms with van der Waals surface area (Å²) in [5.41, 5.74) is 0.703. The van der Waals surface area contributed by atoms with Gasteiger partial charge in [-0.15, -0.1) is 4.72 Å².